The summed E-state index contributed by atoms with van der Waals surface area (Å²) in [5.74, 6) is 1.28. The zero-order chi connectivity index (χ0) is 17.9. The summed E-state index contributed by atoms with van der Waals surface area (Å²) in [5, 5.41) is 2.51. The first-order valence-electron chi connectivity index (χ1n) is 7.61. The summed E-state index contributed by atoms with van der Waals surface area (Å²) in [6.45, 7) is 5.81. The molecule has 2 rings (SSSR count). The molecular weight excluding hydrogens is 330 g/mol. The molecule has 0 atom stereocenters. The molecule has 1 amide bonds. The Morgan fingerprint density at radius 1 is 1.33 bits per heavy atom. The van der Waals surface area contributed by atoms with E-state index in [1.807, 2.05) is 18.2 Å². The van der Waals surface area contributed by atoms with Gasteiger partial charge in [-0.2, -0.15) is 0 Å². The lowest BCUT2D eigenvalue weighted by Gasteiger charge is -1.98. The van der Waals surface area contributed by atoms with Gasteiger partial charge < -0.3 is 14.5 Å². The zero-order valence-electron chi connectivity index (χ0n) is 14.3. The molecule has 2 aromatic rings. The van der Waals surface area contributed by atoms with Crippen LogP contribution in [-0.4, -0.2) is 41.5 Å². The molecule has 8 heteroatoms. The Labute approximate surface area is 145 Å². The van der Waals surface area contributed by atoms with Crippen molar-refractivity contribution in [2.75, 3.05) is 24.8 Å². The maximum Gasteiger partial charge on any atom is 0.413 e. The molecule has 1 heterocycles. The summed E-state index contributed by atoms with van der Waals surface area (Å²) < 4.78 is 8.92. The Hall–Kier alpha value is -2.22. The van der Waals surface area contributed by atoms with E-state index in [9.17, 15) is 9.59 Å². The van der Waals surface area contributed by atoms with Gasteiger partial charge in [-0.25, -0.2) is 9.78 Å². The lowest BCUT2D eigenvalue weighted by molar-refractivity contribution is -0.140. The molecule has 0 saturated heterocycles. The number of nitrogens with one attached hydrogen (secondary N) is 2. The van der Waals surface area contributed by atoms with E-state index in [1.54, 1.807) is 18.7 Å². The van der Waals surface area contributed by atoms with Gasteiger partial charge in [-0.3, -0.25) is 10.1 Å². The number of carbonyl (C=O) groups excluding carboxylic acids is 2. The Morgan fingerprint density at radius 3 is 2.62 bits per heavy atom. The van der Waals surface area contributed by atoms with E-state index >= 15 is 0 Å². The van der Waals surface area contributed by atoms with Crippen LogP contribution < -0.4 is 5.32 Å². The minimum Gasteiger partial charge on any atom is -0.466 e. The number of H-pyrrole nitrogens is 1. The third kappa shape index (κ3) is 6.91. The van der Waals surface area contributed by atoms with Crippen LogP contribution in [0.5, 0.6) is 0 Å². The van der Waals surface area contributed by atoms with Crippen LogP contribution in [0.2, 0.25) is 0 Å². The van der Waals surface area contributed by atoms with Crippen molar-refractivity contribution in [1.29, 1.82) is 0 Å². The van der Waals surface area contributed by atoms with Crippen molar-refractivity contribution in [3.63, 3.8) is 0 Å². The summed E-state index contributed by atoms with van der Waals surface area (Å²) in [7, 11) is 1.32. The van der Waals surface area contributed by atoms with Crippen molar-refractivity contribution in [3.8, 4) is 0 Å². The molecule has 24 heavy (non-hydrogen) atoms. The number of methoxy groups -OCH3 is 1. The highest BCUT2D eigenvalue weighted by molar-refractivity contribution is 7.99. The molecule has 7 nitrogen and oxygen atoms in total. The van der Waals surface area contributed by atoms with Crippen LogP contribution in [0.25, 0.3) is 11.0 Å². The molecule has 0 aliphatic rings. The normalized spacial score (nSPS) is 9.83. The molecule has 1 aromatic heterocycles. The number of aromatic nitrogens is 2. The van der Waals surface area contributed by atoms with Crippen LogP contribution in [0.15, 0.2) is 23.1 Å². The molecule has 0 aliphatic heterocycles. The van der Waals surface area contributed by atoms with Gasteiger partial charge in [0.2, 0.25) is 5.95 Å². The third-order valence-electron chi connectivity index (χ3n) is 2.68. The number of aromatic amines is 1. The molecule has 0 aliphatic carbocycles. The predicted octanol–water partition coefficient (Wildman–Crippen LogP) is 3.81. The van der Waals surface area contributed by atoms with Gasteiger partial charge >= 0.3 is 12.1 Å². The lowest BCUT2D eigenvalue weighted by atomic mass is 10.3. The Morgan fingerprint density at radius 2 is 2.08 bits per heavy atom. The summed E-state index contributed by atoms with van der Waals surface area (Å²) in [6.07, 6.45) is 0.607. The minimum absolute atomic E-state index is 0.211. The Kier molecular flexibility index (Phi) is 8.70. The third-order valence-corrected chi connectivity index (χ3v) is 3.88. The number of nitrogens with zero attached hydrogens (tertiary/aromatic N) is 1. The standard InChI is InChI=1S/C12H15N3O2S.C4H8O2/c1-3-6-18-8-4-5-9-10(7-8)14-11(13-9)15-12(16)17-2;1-3-6-4(2)5/h4-5,7H,3,6H2,1-2H3,(H2,13,14,15,16);3H2,1-2H3. The summed E-state index contributed by atoms with van der Waals surface area (Å²) in [4.78, 5) is 29.4. The highest BCUT2D eigenvalue weighted by atomic mass is 32.2. The van der Waals surface area contributed by atoms with Gasteiger partial charge in [-0.15, -0.1) is 11.8 Å². The van der Waals surface area contributed by atoms with E-state index in [2.05, 4.69) is 31.7 Å². The van der Waals surface area contributed by atoms with E-state index in [4.69, 9.17) is 0 Å². The molecule has 0 bridgehead atoms. The van der Waals surface area contributed by atoms with Crippen LogP contribution in [0.3, 0.4) is 0 Å². The van der Waals surface area contributed by atoms with Crippen molar-refractivity contribution in [2.24, 2.45) is 0 Å². The second kappa shape index (κ2) is 10.5. The first-order valence-corrected chi connectivity index (χ1v) is 8.59. The van der Waals surface area contributed by atoms with E-state index in [0.29, 0.717) is 12.6 Å². The molecule has 0 spiro atoms. The van der Waals surface area contributed by atoms with Gasteiger partial charge in [0.25, 0.3) is 0 Å². The highest BCUT2D eigenvalue weighted by Crippen LogP contribution is 2.23. The number of benzene rings is 1. The van der Waals surface area contributed by atoms with Crippen LogP contribution in [0.1, 0.15) is 27.2 Å². The number of imidazole rings is 1. The largest absolute Gasteiger partial charge is 0.466 e. The number of rotatable bonds is 5. The number of hydrogen-bond donors (Lipinski definition) is 2. The molecule has 0 radical (unpaired) electrons. The van der Waals surface area contributed by atoms with Gasteiger partial charge in [0.05, 0.1) is 24.8 Å². The van der Waals surface area contributed by atoms with Crippen molar-refractivity contribution in [1.82, 2.24) is 9.97 Å². The van der Waals surface area contributed by atoms with Gasteiger partial charge in [0, 0.05) is 11.8 Å². The van der Waals surface area contributed by atoms with Gasteiger partial charge in [0.1, 0.15) is 0 Å². The van der Waals surface area contributed by atoms with Gasteiger partial charge in [0.15, 0.2) is 0 Å². The highest BCUT2D eigenvalue weighted by Gasteiger charge is 2.07. The van der Waals surface area contributed by atoms with Crippen LogP contribution in [-0.2, 0) is 14.3 Å². The van der Waals surface area contributed by atoms with Crippen molar-refractivity contribution in [3.05, 3.63) is 18.2 Å². The van der Waals surface area contributed by atoms with E-state index < -0.39 is 6.09 Å². The number of carbonyl (C=O) groups is 2. The second-order valence-corrected chi connectivity index (χ2v) is 5.82. The molecule has 0 saturated carbocycles. The molecule has 2 N–H and O–H groups in total. The second-order valence-electron chi connectivity index (χ2n) is 4.65. The van der Waals surface area contributed by atoms with E-state index in [1.165, 1.54) is 18.9 Å². The monoisotopic (exact) mass is 353 g/mol. The average Bonchev–Trinajstić information content (AvgIpc) is 2.94. The number of hydrogen-bond acceptors (Lipinski definition) is 6. The SMILES string of the molecule is CCCSc1ccc2nc(NC(=O)OC)[nH]c2c1.CCOC(C)=O. The fraction of sp³-hybridized carbons (Fsp3) is 0.438. The quantitative estimate of drug-likeness (QED) is 0.627. The number of esters is 1. The molecule has 132 valence electrons. The minimum atomic E-state index is -0.533. The first-order chi connectivity index (χ1) is 11.5. The molecule has 0 unspecified atom stereocenters. The number of fused-ring (bicyclic) bond motifs is 1. The average molecular weight is 353 g/mol. The Bertz CT molecular complexity index is 672. The fourth-order valence-corrected chi connectivity index (χ4v) is 2.51. The smallest absolute Gasteiger partial charge is 0.413 e. The lowest BCUT2D eigenvalue weighted by Crippen LogP contribution is -2.11. The predicted molar refractivity (Wildman–Crippen MR) is 95.4 cm³/mol. The summed E-state index contributed by atoms with van der Waals surface area (Å²) in [6, 6.07) is 6.00. The maximum atomic E-state index is 11.1. The topological polar surface area (TPSA) is 93.3 Å². The van der Waals surface area contributed by atoms with E-state index in [-0.39, 0.29) is 5.97 Å². The summed E-state index contributed by atoms with van der Waals surface area (Å²) >= 11 is 1.80. The molecular formula is C16H23N3O4S. The van der Waals surface area contributed by atoms with Crippen molar-refractivity contribution < 1.29 is 19.1 Å². The number of anilines is 1. The number of ether oxygens (including phenoxy) is 2. The fourth-order valence-electron chi connectivity index (χ4n) is 1.71. The molecule has 1 aromatic carbocycles. The van der Waals surface area contributed by atoms with Gasteiger partial charge in [-0.1, -0.05) is 6.92 Å². The summed E-state index contributed by atoms with van der Waals surface area (Å²) in [5.41, 5.74) is 1.73. The number of thioether (sulfide) groups is 1. The van der Waals surface area contributed by atoms with Crippen LogP contribution in [0.4, 0.5) is 10.7 Å². The molecule has 0 fully saturated rings. The zero-order valence-corrected chi connectivity index (χ0v) is 15.2. The van der Waals surface area contributed by atoms with Crippen LogP contribution >= 0.6 is 11.8 Å². The number of amides is 1. The van der Waals surface area contributed by atoms with Crippen molar-refractivity contribution >= 4 is 40.8 Å². The van der Waals surface area contributed by atoms with Crippen LogP contribution in [0, 0.1) is 0 Å². The maximum absolute atomic E-state index is 11.1. The van der Waals surface area contributed by atoms with E-state index in [0.717, 1.165) is 23.2 Å². The van der Waals surface area contributed by atoms with Crippen molar-refractivity contribution in [2.45, 2.75) is 32.1 Å². The Balaban J connectivity index is 0.000000413. The first kappa shape index (κ1) is 19.8. The van der Waals surface area contributed by atoms with Gasteiger partial charge in [-0.05, 0) is 37.3 Å².